The predicted octanol–water partition coefficient (Wildman–Crippen LogP) is 3.93. The smallest absolute Gasteiger partial charge is 0.269 e. The van der Waals surface area contributed by atoms with Gasteiger partial charge in [-0.1, -0.05) is 35.3 Å². The number of carbonyl (C=O) groups excluding carboxylic acids is 1. The number of nitrogens with one attached hydrogen (secondary N) is 3. The molecule has 0 aliphatic carbocycles. The van der Waals surface area contributed by atoms with Crippen LogP contribution < -0.4 is 16.2 Å². The van der Waals surface area contributed by atoms with Crippen LogP contribution in [0.25, 0.3) is 0 Å². The molecule has 0 spiro atoms. The van der Waals surface area contributed by atoms with Crippen LogP contribution in [0.4, 0.5) is 5.69 Å². The zero-order valence-electron chi connectivity index (χ0n) is 11.6. The number of hydrazine groups is 1. The molecule has 0 aromatic heterocycles. The van der Waals surface area contributed by atoms with Crippen molar-refractivity contribution in [3.63, 3.8) is 0 Å². The summed E-state index contributed by atoms with van der Waals surface area (Å²) in [7, 11) is 0. The second-order valence-electron chi connectivity index (χ2n) is 4.51. The van der Waals surface area contributed by atoms with Crippen LogP contribution in [0.5, 0.6) is 0 Å². The van der Waals surface area contributed by atoms with Crippen LogP contribution in [0, 0.1) is 6.92 Å². The van der Waals surface area contributed by atoms with Gasteiger partial charge in [-0.15, -0.1) is 0 Å². The van der Waals surface area contributed by atoms with Gasteiger partial charge in [0.25, 0.3) is 5.91 Å². The Balaban J connectivity index is 1.90. The SMILES string of the molecule is Cc1ccc(NC(=S)NNC(=O)c2cccc(Cl)c2)cc1Cl. The van der Waals surface area contributed by atoms with Gasteiger partial charge in [0.05, 0.1) is 0 Å². The molecule has 7 heteroatoms. The van der Waals surface area contributed by atoms with Gasteiger partial charge in [-0.25, -0.2) is 0 Å². The van der Waals surface area contributed by atoms with Gasteiger partial charge in [0.2, 0.25) is 0 Å². The average Bonchev–Trinajstić information content (AvgIpc) is 2.48. The van der Waals surface area contributed by atoms with Crippen LogP contribution in [0.1, 0.15) is 15.9 Å². The molecule has 0 saturated carbocycles. The lowest BCUT2D eigenvalue weighted by Gasteiger charge is -2.12. The van der Waals surface area contributed by atoms with Gasteiger partial charge in [-0.05, 0) is 55.0 Å². The molecule has 22 heavy (non-hydrogen) atoms. The predicted molar refractivity (Wildman–Crippen MR) is 94.5 cm³/mol. The van der Waals surface area contributed by atoms with Gasteiger partial charge in [0, 0.05) is 21.3 Å². The Labute approximate surface area is 143 Å². The van der Waals surface area contributed by atoms with Crippen LogP contribution >= 0.6 is 35.4 Å². The molecule has 2 aromatic rings. The summed E-state index contributed by atoms with van der Waals surface area (Å²) in [6.45, 7) is 1.91. The summed E-state index contributed by atoms with van der Waals surface area (Å²) in [4.78, 5) is 11.9. The molecule has 0 saturated heterocycles. The van der Waals surface area contributed by atoms with Gasteiger partial charge in [0.15, 0.2) is 5.11 Å². The maximum atomic E-state index is 11.9. The van der Waals surface area contributed by atoms with E-state index < -0.39 is 0 Å². The first-order valence-corrected chi connectivity index (χ1v) is 7.51. The van der Waals surface area contributed by atoms with E-state index in [9.17, 15) is 4.79 Å². The van der Waals surface area contributed by atoms with E-state index in [1.165, 1.54) is 0 Å². The van der Waals surface area contributed by atoms with Crippen molar-refractivity contribution in [2.45, 2.75) is 6.92 Å². The fourth-order valence-corrected chi connectivity index (χ4v) is 2.19. The number of hydrogen-bond donors (Lipinski definition) is 3. The Kier molecular flexibility index (Phi) is 5.60. The van der Waals surface area contributed by atoms with E-state index in [2.05, 4.69) is 16.2 Å². The first kappa shape index (κ1) is 16.5. The van der Waals surface area contributed by atoms with E-state index >= 15 is 0 Å². The second kappa shape index (κ2) is 7.45. The number of aryl methyl sites for hydroxylation is 1. The van der Waals surface area contributed by atoms with Gasteiger partial charge >= 0.3 is 0 Å². The Morgan fingerprint density at radius 2 is 1.86 bits per heavy atom. The lowest BCUT2D eigenvalue weighted by molar-refractivity contribution is 0.0944. The van der Waals surface area contributed by atoms with Crippen LogP contribution in [0.2, 0.25) is 10.0 Å². The molecule has 0 radical (unpaired) electrons. The van der Waals surface area contributed by atoms with E-state index in [0.717, 1.165) is 11.3 Å². The van der Waals surface area contributed by atoms with Crippen LogP contribution in [0.3, 0.4) is 0 Å². The minimum absolute atomic E-state index is 0.246. The highest BCUT2D eigenvalue weighted by atomic mass is 35.5. The maximum absolute atomic E-state index is 11.9. The fourth-order valence-electron chi connectivity index (χ4n) is 1.65. The van der Waals surface area contributed by atoms with Crippen molar-refractivity contribution in [2.75, 3.05) is 5.32 Å². The van der Waals surface area contributed by atoms with E-state index in [1.807, 2.05) is 19.1 Å². The summed E-state index contributed by atoms with van der Waals surface area (Å²) < 4.78 is 0. The lowest BCUT2D eigenvalue weighted by Crippen LogP contribution is -2.43. The highest BCUT2D eigenvalue weighted by Gasteiger charge is 2.06. The van der Waals surface area contributed by atoms with Gasteiger partial charge in [-0.3, -0.25) is 15.6 Å². The van der Waals surface area contributed by atoms with E-state index in [0.29, 0.717) is 15.6 Å². The zero-order valence-corrected chi connectivity index (χ0v) is 13.9. The number of anilines is 1. The second-order valence-corrected chi connectivity index (χ2v) is 5.76. The summed E-state index contributed by atoms with van der Waals surface area (Å²) >= 11 is 17.0. The summed E-state index contributed by atoms with van der Waals surface area (Å²) in [5.74, 6) is -0.339. The van der Waals surface area contributed by atoms with E-state index in [4.69, 9.17) is 35.4 Å². The number of amides is 1. The number of rotatable bonds is 2. The minimum Gasteiger partial charge on any atom is -0.331 e. The Morgan fingerprint density at radius 3 is 2.55 bits per heavy atom. The first-order valence-electron chi connectivity index (χ1n) is 6.35. The quantitative estimate of drug-likeness (QED) is 0.565. The molecule has 0 unspecified atom stereocenters. The standard InChI is InChI=1S/C15H13Cl2N3OS/c1-9-5-6-12(8-13(9)17)18-15(22)20-19-14(21)10-3-2-4-11(16)7-10/h2-8H,1H3,(H,19,21)(H2,18,20,22). The minimum atomic E-state index is -0.339. The molecule has 1 amide bonds. The number of hydrogen-bond acceptors (Lipinski definition) is 2. The number of carbonyl (C=O) groups is 1. The van der Waals surface area contributed by atoms with Crippen molar-refractivity contribution in [2.24, 2.45) is 0 Å². The Morgan fingerprint density at radius 1 is 1.09 bits per heavy atom. The van der Waals surface area contributed by atoms with Crippen molar-refractivity contribution in [3.8, 4) is 0 Å². The molecule has 2 aromatic carbocycles. The third-order valence-electron chi connectivity index (χ3n) is 2.81. The first-order chi connectivity index (χ1) is 10.5. The number of thiocarbonyl (C=S) groups is 1. The molecule has 0 bridgehead atoms. The summed E-state index contributed by atoms with van der Waals surface area (Å²) in [5, 5.41) is 4.29. The average molecular weight is 354 g/mol. The van der Waals surface area contributed by atoms with Crippen LogP contribution in [-0.2, 0) is 0 Å². The molecule has 4 nitrogen and oxygen atoms in total. The topological polar surface area (TPSA) is 53.2 Å². The monoisotopic (exact) mass is 353 g/mol. The summed E-state index contributed by atoms with van der Waals surface area (Å²) in [5.41, 5.74) is 7.24. The zero-order chi connectivity index (χ0) is 16.1. The normalized spacial score (nSPS) is 9.95. The lowest BCUT2D eigenvalue weighted by atomic mass is 10.2. The molecule has 0 fully saturated rings. The molecule has 3 N–H and O–H groups in total. The number of benzene rings is 2. The molecular formula is C15H13Cl2N3OS. The van der Waals surface area contributed by atoms with Crippen molar-refractivity contribution >= 4 is 52.1 Å². The molecule has 0 aliphatic heterocycles. The van der Waals surface area contributed by atoms with Crippen LogP contribution in [0.15, 0.2) is 42.5 Å². The van der Waals surface area contributed by atoms with Crippen molar-refractivity contribution in [1.29, 1.82) is 0 Å². The van der Waals surface area contributed by atoms with Crippen LogP contribution in [-0.4, -0.2) is 11.0 Å². The van der Waals surface area contributed by atoms with E-state index in [1.54, 1.807) is 30.3 Å². The molecule has 114 valence electrons. The Hall–Kier alpha value is -1.82. The third-order valence-corrected chi connectivity index (χ3v) is 3.65. The van der Waals surface area contributed by atoms with Crippen molar-refractivity contribution < 1.29 is 4.79 Å². The summed E-state index contributed by atoms with van der Waals surface area (Å²) in [6, 6.07) is 12.1. The molecule has 2 rings (SSSR count). The van der Waals surface area contributed by atoms with E-state index in [-0.39, 0.29) is 11.0 Å². The van der Waals surface area contributed by atoms with Gasteiger partial charge in [-0.2, -0.15) is 0 Å². The summed E-state index contributed by atoms with van der Waals surface area (Å²) in [6.07, 6.45) is 0. The maximum Gasteiger partial charge on any atom is 0.269 e. The van der Waals surface area contributed by atoms with Crippen molar-refractivity contribution in [1.82, 2.24) is 10.9 Å². The highest BCUT2D eigenvalue weighted by molar-refractivity contribution is 7.80. The molecule has 0 heterocycles. The molecule has 0 aliphatic rings. The Bertz CT molecular complexity index is 722. The highest BCUT2D eigenvalue weighted by Crippen LogP contribution is 2.19. The fraction of sp³-hybridized carbons (Fsp3) is 0.0667. The van der Waals surface area contributed by atoms with Gasteiger partial charge in [0.1, 0.15) is 0 Å². The largest absolute Gasteiger partial charge is 0.331 e. The molecular weight excluding hydrogens is 341 g/mol. The van der Waals surface area contributed by atoms with Crippen molar-refractivity contribution in [3.05, 3.63) is 63.6 Å². The molecule has 0 atom stereocenters. The number of halogens is 2. The van der Waals surface area contributed by atoms with Gasteiger partial charge < -0.3 is 5.32 Å². The third kappa shape index (κ3) is 4.59.